The molecule has 0 aromatic heterocycles. The summed E-state index contributed by atoms with van der Waals surface area (Å²) in [6.45, 7) is 5.91. The Morgan fingerprint density at radius 1 is 1.60 bits per heavy atom. The van der Waals surface area contributed by atoms with Crippen molar-refractivity contribution in [1.82, 2.24) is 0 Å². The van der Waals surface area contributed by atoms with E-state index < -0.39 is 4.92 Å². The van der Waals surface area contributed by atoms with Crippen LogP contribution in [0.5, 0.6) is 0 Å². The number of aliphatic hydroxyl groups is 1. The van der Waals surface area contributed by atoms with Crippen molar-refractivity contribution in [3.05, 3.63) is 33.7 Å². The van der Waals surface area contributed by atoms with Crippen LogP contribution in [-0.4, -0.2) is 10.0 Å². The molecule has 0 fully saturated rings. The van der Waals surface area contributed by atoms with Gasteiger partial charge in [-0.1, -0.05) is 6.58 Å². The highest BCUT2D eigenvalue weighted by Gasteiger charge is 2.09. The molecule has 0 aromatic carbocycles. The number of nitro groups is 1. The van der Waals surface area contributed by atoms with Crippen LogP contribution in [0.25, 0.3) is 0 Å². The lowest BCUT2D eigenvalue weighted by atomic mass is 10.2. The molecule has 0 aliphatic rings. The van der Waals surface area contributed by atoms with E-state index in [1.54, 1.807) is 0 Å². The predicted molar refractivity (Wildman–Crippen MR) is 37.1 cm³/mol. The van der Waals surface area contributed by atoms with Gasteiger partial charge in [-0.25, -0.2) is 0 Å². The van der Waals surface area contributed by atoms with Gasteiger partial charge in [-0.3, -0.25) is 10.1 Å². The second-order valence-corrected chi connectivity index (χ2v) is 1.91. The SMILES string of the molecule is C=C(O)/C(C)=C(\C)[N+](=O)[O-]. The molecule has 0 radical (unpaired) electrons. The first-order chi connectivity index (χ1) is 4.46. The number of rotatable bonds is 2. The van der Waals surface area contributed by atoms with Crippen molar-refractivity contribution in [2.75, 3.05) is 0 Å². The number of allylic oxidation sites excluding steroid dienone is 2. The van der Waals surface area contributed by atoms with Crippen LogP contribution < -0.4 is 0 Å². The van der Waals surface area contributed by atoms with Gasteiger partial charge in [-0.05, 0) is 6.92 Å². The Morgan fingerprint density at radius 2 is 2.00 bits per heavy atom. The first kappa shape index (κ1) is 8.68. The summed E-state index contributed by atoms with van der Waals surface area (Å²) in [7, 11) is 0. The van der Waals surface area contributed by atoms with Gasteiger partial charge in [-0.2, -0.15) is 0 Å². The number of hydrogen-bond donors (Lipinski definition) is 1. The van der Waals surface area contributed by atoms with Crippen LogP contribution in [0.15, 0.2) is 23.6 Å². The summed E-state index contributed by atoms with van der Waals surface area (Å²) in [5.74, 6) is -0.255. The Bertz CT molecular complexity index is 183. The molecule has 0 saturated heterocycles. The molecule has 4 heteroatoms. The Labute approximate surface area is 58.6 Å². The van der Waals surface area contributed by atoms with Gasteiger partial charge >= 0.3 is 0 Å². The molecule has 0 atom stereocenters. The van der Waals surface area contributed by atoms with Crippen molar-refractivity contribution in [3.63, 3.8) is 0 Å². The summed E-state index contributed by atoms with van der Waals surface area (Å²) >= 11 is 0. The topological polar surface area (TPSA) is 63.4 Å². The van der Waals surface area contributed by atoms with Crippen LogP contribution in [-0.2, 0) is 0 Å². The molecule has 0 bridgehead atoms. The first-order valence-corrected chi connectivity index (χ1v) is 2.67. The van der Waals surface area contributed by atoms with E-state index in [0.717, 1.165) is 0 Å². The molecule has 0 unspecified atom stereocenters. The van der Waals surface area contributed by atoms with E-state index in [2.05, 4.69) is 6.58 Å². The third-order valence-electron chi connectivity index (χ3n) is 1.25. The predicted octanol–water partition coefficient (Wildman–Crippen LogP) is 1.63. The molecular weight excluding hydrogens is 134 g/mol. The van der Waals surface area contributed by atoms with Crippen LogP contribution in [0.4, 0.5) is 0 Å². The Morgan fingerprint density at radius 3 is 2.10 bits per heavy atom. The van der Waals surface area contributed by atoms with Crippen molar-refractivity contribution in [1.29, 1.82) is 0 Å². The molecule has 0 aliphatic carbocycles. The maximum atomic E-state index is 10.0. The Balaban J connectivity index is 4.67. The smallest absolute Gasteiger partial charge is 0.249 e. The lowest BCUT2D eigenvalue weighted by molar-refractivity contribution is -0.425. The molecule has 0 spiro atoms. The van der Waals surface area contributed by atoms with Crippen molar-refractivity contribution in [2.45, 2.75) is 13.8 Å². The molecule has 0 aliphatic heterocycles. The van der Waals surface area contributed by atoms with Gasteiger partial charge in [-0.15, -0.1) is 0 Å². The van der Waals surface area contributed by atoms with Gasteiger partial charge in [0.1, 0.15) is 5.76 Å². The van der Waals surface area contributed by atoms with Gasteiger partial charge in [0.2, 0.25) is 5.70 Å². The van der Waals surface area contributed by atoms with Crippen molar-refractivity contribution < 1.29 is 10.0 Å². The van der Waals surface area contributed by atoms with Crippen LogP contribution in [0, 0.1) is 10.1 Å². The van der Waals surface area contributed by atoms with Crippen molar-refractivity contribution in [2.24, 2.45) is 0 Å². The van der Waals surface area contributed by atoms with E-state index in [9.17, 15) is 10.1 Å². The highest BCUT2D eigenvalue weighted by molar-refractivity contribution is 5.21. The molecule has 0 amide bonds. The lowest BCUT2D eigenvalue weighted by Gasteiger charge is -1.96. The van der Waals surface area contributed by atoms with Crippen molar-refractivity contribution in [3.8, 4) is 0 Å². The minimum Gasteiger partial charge on any atom is -0.508 e. The van der Waals surface area contributed by atoms with E-state index in [0.29, 0.717) is 0 Å². The van der Waals surface area contributed by atoms with Crippen molar-refractivity contribution >= 4 is 0 Å². The standard InChI is InChI=1S/C6H9NO3/c1-4(6(3)8)5(2)7(9)10/h8H,3H2,1-2H3/b5-4+. The summed E-state index contributed by atoms with van der Waals surface area (Å²) in [6.07, 6.45) is 0. The molecule has 0 saturated carbocycles. The van der Waals surface area contributed by atoms with Gasteiger partial charge in [0.25, 0.3) is 0 Å². The van der Waals surface area contributed by atoms with E-state index in [1.165, 1.54) is 13.8 Å². The molecule has 0 rings (SSSR count). The molecule has 0 aromatic rings. The maximum absolute atomic E-state index is 10.0. The first-order valence-electron chi connectivity index (χ1n) is 2.67. The fourth-order valence-electron chi connectivity index (χ4n) is 0.346. The summed E-state index contributed by atoms with van der Waals surface area (Å²) < 4.78 is 0. The van der Waals surface area contributed by atoms with E-state index in [1.807, 2.05) is 0 Å². The fraction of sp³-hybridized carbons (Fsp3) is 0.333. The van der Waals surface area contributed by atoms with Gasteiger partial charge in [0.15, 0.2) is 0 Å². The number of aliphatic hydroxyl groups excluding tert-OH is 1. The highest BCUT2D eigenvalue weighted by atomic mass is 16.6. The third kappa shape index (κ3) is 1.89. The molecule has 0 heterocycles. The molecular formula is C6H9NO3. The largest absolute Gasteiger partial charge is 0.508 e. The second kappa shape index (κ2) is 3.00. The maximum Gasteiger partial charge on any atom is 0.249 e. The lowest BCUT2D eigenvalue weighted by Crippen LogP contribution is -1.98. The zero-order valence-corrected chi connectivity index (χ0v) is 5.92. The summed E-state index contributed by atoms with van der Waals surface area (Å²) in [5.41, 5.74) is 0.137. The zero-order chi connectivity index (χ0) is 8.31. The highest BCUT2D eigenvalue weighted by Crippen LogP contribution is 2.09. The number of hydrogen-bond acceptors (Lipinski definition) is 3. The van der Waals surface area contributed by atoms with Gasteiger partial charge in [0.05, 0.1) is 10.5 Å². The van der Waals surface area contributed by atoms with Crippen LogP contribution in [0.2, 0.25) is 0 Å². The molecule has 10 heavy (non-hydrogen) atoms. The summed E-state index contributed by atoms with van der Waals surface area (Å²) in [5, 5.41) is 18.7. The quantitative estimate of drug-likeness (QED) is 0.276. The number of nitrogens with zero attached hydrogens (tertiary/aromatic N) is 1. The Hall–Kier alpha value is -1.32. The van der Waals surface area contributed by atoms with Gasteiger partial charge in [0, 0.05) is 6.92 Å². The molecule has 4 nitrogen and oxygen atoms in total. The van der Waals surface area contributed by atoms with E-state index >= 15 is 0 Å². The van der Waals surface area contributed by atoms with Crippen LogP contribution in [0.1, 0.15) is 13.8 Å². The summed E-state index contributed by atoms with van der Waals surface area (Å²) in [6, 6.07) is 0. The fourth-order valence-corrected chi connectivity index (χ4v) is 0.346. The second-order valence-electron chi connectivity index (χ2n) is 1.91. The monoisotopic (exact) mass is 143 g/mol. The average Bonchev–Trinajstić information content (AvgIpc) is 1.84. The zero-order valence-electron chi connectivity index (χ0n) is 5.92. The summed E-state index contributed by atoms with van der Waals surface area (Å²) in [4.78, 5) is 9.48. The van der Waals surface area contributed by atoms with Gasteiger partial charge < -0.3 is 5.11 Å². The average molecular weight is 143 g/mol. The third-order valence-corrected chi connectivity index (χ3v) is 1.25. The normalized spacial score (nSPS) is 12.2. The van der Waals surface area contributed by atoms with E-state index in [-0.39, 0.29) is 17.0 Å². The van der Waals surface area contributed by atoms with E-state index in [4.69, 9.17) is 5.11 Å². The molecule has 56 valence electrons. The minimum absolute atomic E-state index is 0.0764. The Kier molecular flexibility index (Phi) is 2.61. The molecule has 1 N–H and O–H groups in total. The minimum atomic E-state index is -0.559. The van der Waals surface area contributed by atoms with Crippen LogP contribution >= 0.6 is 0 Å². The van der Waals surface area contributed by atoms with Crippen LogP contribution in [0.3, 0.4) is 0 Å².